The summed E-state index contributed by atoms with van der Waals surface area (Å²) in [7, 11) is 0. The summed E-state index contributed by atoms with van der Waals surface area (Å²) < 4.78 is 0.988. The number of rotatable bonds is 7. The molecule has 0 aliphatic heterocycles. The maximum Gasteiger partial charge on any atom is 0.318 e. The van der Waals surface area contributed by atoms with E-state index in [1.807, 2.05) is 78.9 Å². The van der Waals surface area contributed by atoms with Gasteiger partial charge in [0.2, 0.25) is 0 Å². The van der Waals surface area contributed by atoms with Crippen molar-refractivity contribution in [2.24, 2.45) is 5.92 Å². The van der Waals surface area contributed by atoms with Crippen LogP contribution in [0, 0.1) is 5.92 Å². The van der Waals surface area contributed by atoms with E-state index >= 15 is 0 Å². The van der Waals surface area contributed by atoms with E-state index < -0.39 is 23.8 Å². The predicted molar refractivity (Wildman–Crippen MR) is 111 cm³/mol. The van der Waals surface area contributed by atoms with Gasteiger partial charge in [0, 0.05) is 10.4 Å². The maximum atomic E-state index is 11.7. The summed E-state index contributed by atoms with van der Waals surface area (Å²) in [6.07, 6.45) is 0.335. The quantitative estimate of drug-likeness (QED) is 0.495. The smallest absolute Gasteiger partial charge is 0.318 e. The summed E-state index contributed by atoms with van der Waals surface area (Å²) in [5.41, 5.74) is 3.61. The van der Waals surface area contributed by atoms with Crippen LogP contribution in [0.25, 0.3) is 11.1 Å². The molecule has 142 valence electrons. The van der Waals surface area contributed by atoms with Crippen LogP contribution in [0.2, 0.25) is 0 Å². The van der Waals surface area contributed by atoms with Crippen molar-refractivity contribution in [1.82, 2.24) is 0 Å². The van der Waals surface area contributed by atoms with Crippen molar-refractivity contribution in [2.75, 3.05) is 0 Å². The highest BCUT2D eigenvalue weighted by Crippen LogP contribution is 2.31. The number of hydrogen-bond acceptors (Lipinski definition) is 2. The highest BCUT2D eigenvalue weighted by molar-refractivity contribution is 9.10. The van der Waals surface area contributed by atoms with Crippen LogP contribution >= 0.6 is 15.9 Å². The topological polar surface area (TPSA) is 74.6 Å². The van der Waals surface area contributed by atoms with Crippen LogP contribution in [0.15, 0.2) is 83.3 Å². The molecule has 0 aromatic heterocycles. The van der Waals surface area contributed by atoms with E-state index in [2.05, 4.69) is 15.9 Å². The van der Waals surface area contributed by atoms with Crippen molar-refractivity contribution in [3.05, 3.63) is 94.5 Å². The average molecular weight is 439 g/mol. The Hall–Kier alpha value is -2.92. The standard InChI is InChI=1S/C23H19BrO4/c24-19-12-10-17(11-13-19)16-6-8-18(9-7-16)20(21(22(25)26)23(27)28)14-15-4-2-1-3-5-15/h1-13,20-21H,14H2,(H,25,26)(H,27,28)/t20-/m1/s1. The fourth-order valence-electron chi connectivity index (χ4n) is 3.31. The Labute approximate surface area is 171 Å². The van der Waals surface area contributed by atoms with Crippen LogP contribution in [0.1, 0.15) is 17.0 Å². The molecule has 0 radical (unpaired) electrons. The molecule has 0 aliphatic rings. The van der Waals surface area contributed by atoms with Gasteiger partial charge in [-0.1, -0.05) is 82.7 Å². The first-order chi connectivity index (χ1) is 13.5. The van der Waals surface area contributed by atoms with Crippen molar-refractivity contribution >= 4 is 27.9 Å². The Morgan fingerprint density at radius 2 is 1.25 bits per heavy atom. The van der Waals surface area contributed by atoms with Gasteiger partial charge in [0.1, 0.15) is 0 Å². The summed E-state index contributed by atoms with van der Waals surface area (Å²) >= 11 is 3.41. The highest BCUT2D eigenvalue weighted by atomic mass is 79.9. The zero-order valence-electron chi connectivity index (χ0n) is 15.0. The number of carboxylic acid groups (broad SMARTS) is 2. The molecule has 3 aromatic carbocycles. The van der Waals surface area contributed by atoms with Crippen molar-refractivity contribution < 1.29 is 19.8 Å². The molecule has 4 nitrogen and oxygen atoms in total. The fraction of sp³-hybridized carbons (Fsp3) is 0.130. The largest absolute Gasteiger partial charge is 0.481 e. The molecule has 2 N–H and O–H groups in total. The monoisotopic (exact) mass is 438 g/mol. The van der Waals surface area contributed by atoms with E-state index in [-0.39, 0.29) is 0 Å². The Bertz CT molecular complexity index is 936. The third-order valence-corrected chi connectivity index (χ3v) is 5.28. The van der Waals surface area contributed by atoms with Gasteiger partial charge in [-0.3, -0.25) is 9.59 Å². The molecule has 3 rings (SSSR count). The van der Waals surface area contributed by atoms with Gasteiger partial charge in [0.25, 0.3) is 0 Å². The molecule has 0 amide bonds. The van der Waals surface area contributed by atoms with Crippen molar-refractivity contribution in [2.45, 2.75) is 12.3 Å². The molecule has 0 fully saturated rings. The Balaban J connectivity index is 1.96. The Morgan fingerprint density at radius 1 is 0.750 bits per heavy atom. The van der Waals surface area contributed by atoms with Crippen LogP contribution in [-0.4, -0.2) is 22.2 Å². The Kier molecular flexibility index (Phi) is 6.26. The maximum absolute atomic E-state index is 11.7. The number of carboxylic acids is 2. The van der Waals surface area contributed by atoms with Gasteiger partial charge in [0.15, 0.2) is 5.92 Å². The number of aliphatic carboxylic acids is 2. The summed E-state index contributed by atoms with van der Waals surface area (Å²) in [5.74, 6) is -4.84. The van der Waals surface area contributed by atoms with Gasteiger partial charge >= 0.3 is 11.9 Å². The second kappa shape index (κ2) is 8.85. The molecule has 0 aliphatic carbocycles. The lowest BCUT2D eigenvalue weighted by molar-refractivity contribution is -0.155. The second-order valence-corrected chi connectivity index (χ2v) is 7.49. The zero-order chi connectivity index (χ0) is 20.1. The number of halogens is 1. The molecule has 3 aromatic rings. The van der Waals surface area contributed by atoms with Crippen LogP contribution in [0.3, 0.4) is 0 Å². The molecular formula is C23H19BrO4. The summed E-state index contributed by atoms with van der Waals surface area (Å²) in [6.45, 7) is 0. The van der Waals surface area contributed by atoms with Gasteiger partial charge in [-0.25, -0.2) is 0 Å². The molecule has 0 saturated heterocycles. The van der Waals surface area contributed by atoms with Crippen LogP contribution in [0.5, 0.6) is 0 Å². The van der Waals surface area contributed by atoms with Gasteiger partial charge in [0.05, 0.1) is 0 Å². The van der Waals surface area contributed by atoms with E-state index in [0.717, 1.165) is 21.2 Å². The molecule has 0 unspecified atom stereocenters. The fourth-order valence-corrected chi connectivity index (χ4v) is 3.58. The lowest BCUT2D eigenvalue weighted by Crippen LogP contribution is -2.31. The van der Waals surface area contributed by atoms with E-state index in [1.54, 1.807) is 0 Å². The third kappa shape index (κ3) is 4.67. The van der Waals surface area contributed by atoms with Crippen LogP contribution in [-0.2, 0) is 16.0 Å². The molecule has 0 spiro atoms. The molecule has 28 heavy (non-hydrogen) atoms. The zero-order valence-corrected chi connectivity index (χ0v) is 16.5. The van der Waals surface area contributed by atoms with Crippen LogP contribution < -0.4 is 0 Å². The normalized spacial score (nSPS) is 11.9. The molecular weight excluding hydrogens is 420 g/mol. The first kappa shape index (κ1) is 19.8. The second-order valence-electron chi connectivity index (χ2n) is 6.58. The van der Waals surface area contributed by atoms with E-state index in [0.29, 0.717) is 12.0 Å². The summed E-state index contributed by atoms with van der Waals surface area (Å²) in [5, 5.41) is 19.1. The minimum absolute atomic E-state index is 0.335. The summed E-state index contributed by atoms with van der Waals surface area (Å²) in [4.78, 5) is 23.4. The lowest BCUT2D eigenvalue weighted by Gasteiger charge is -2.22. The molecule has 1 atom stereocenters. The Morgan fingerprint density at radius 3 is 1.75 bits per heavy atom. The van der Waals surface area contributed by atoms with E-state index in [4.69, 9.17) is 0 Å². The highest BCUT2D eigenvalue weighted by Gasteiger charge is 2.36. The van der Waals surface area contributed by atoms with E-state index in [1.165, 1.54) is 0 Å². The molecule has 0 bridgehead atoms. The molecule has 5 heteroatoms. The number of hydrogen-bond donors (Lipinski definition) is 2. The van der Waals surface area contributed by atoms with Crippen LogP contribution in [0.4, 0.5) is 0 Å². The number of carbonyl (C=O) groups is 2. The van der Waals surface area contributed by atoms with Crippen molar-refractivity contribution in [3.8, 4) is 11.1 Å². The predicted octanol–water partition coefficient (Wildman–Crippen LogP) is 5.23. The molecule has 0 saturated carbocycles. The van der Waals surface area contributed by atoms with Crippen molar-refractivity contribution in [1.29, 1.82) is 0 Å². The SMILES string of the molecule is O=C(O)C(C(=O)O)[C@H](Cc1ccccc1)c1ccc(-c2ccc(Br)cc2)cc1. The lowest BCUT2D eigenvalue weighted by atomic mass is 9.81. The molecule has 0 heterocycles. The minimum atomic E-state index is -1.52. The first-order valence-electron chi connectivity index (χ1n) is 8.81. The van der Waals surface area contributed by atoms with Gasteiger partial charge in [-0.2, -0.15) is 0 Å². The third-order valence-electron chi connectivity index (χ3n) is 4.75. The minimum Gasteiger partial charge on any atom is -0.481 e. The van der Waals surface area contributed by atoms with Gasteiger partial charge in [-0.15, -0.1) is 0 Å². The first-order valence-corrected chi connectivity index (χ1v) is 9.60. The average Bonchev–Trinajstić information content (AvgIpc) is 2.68. The number of benzene rings is 3. The van der Waals surface area contributed by atoms with E-state index in [9.17, 15) is 19.8 Å². The summed E-state index contributed by atoms with van der Waals surface area (Å²) in [6, 6.07) is 24.7. The van der Waals surface area contributed by atoms with Gasteiger partial charge < -0.3 is 10.2 Å². The van der Waals surface area contributed by atoms with Crippen molar-refractivity contribution in [3.63, 3.8) is 0 Å². The van der Waals surface area contributed by atoms with Gasteiger partial charge in [-0.05, 0) is 40.8 Å².